The van der Waals surface area contributed by atoms with Gasteiger partial charge in [0.2, 0.25) is 0 Å². The van der Waals surface area contributed by atoms with Gasteiger partial charge in [0.15, 0.2) is 0 Å². The van der Waals surface area contributed by atoms with E-state index in [1.807, 2.05) is 24.3 Å². The highest BCUT2D eigenvalue weighted by Crippen LogP contribution is 2.57. The van der Waals surface area contributed by atoms with Gasteiger partial charge >= 0.3 is 0 Å². The second kappa shape index (κ2) is 3.29. The average Bonchev–Trinajstić information content (AvgIpc) is 3.01. The maximum Gasteiger partial charge on any atom is 0.131 e. The predicted octanol–water partition coefficient (Wildman–Crippen LogP) is 3.69. The molecule has 2 aliphatic rings. The van der Waals surface area contributed by atoms with Crippen molar-refractivity contribution in [3.05, 3.63) is 47.5 Å². The number of aromatic hydroxyl groups is 1. The molecule has 2 unspecified atom stereocenters. The highest BCUT2D eigenvalue weighted by atomic mass is 16.5. The smallest absolute Gasteiger partial charge is 0.131 e. The summed E-state index contributed by atoms with van der Waals surface area (Å²) in [5, 5.41) is 12.4. The average molecular weight is 238 g/mol. The molecule has 4 rings (SSSR count). The monoisotopic (exact) mass is 238 g/mol. The molecular weight excluding hydrogens is 224 g/mol. The molecule has 2 atom stereocenters. The van der Waals surface area contributed by atoms with Gasteiger partial charge in [0, 0.05) is 33.7 Å². The fourth-order valence-corrected chi connectivity index (χ4v) is 3.52. The molecule has 2 aliphatic carbocycles. The Hall–Kier alpha value is -1.96. The third-order valence-corrected chi connectivity index (χ3v) is 4.25. The number of ether oxygens (including phenoxy) is 1. The van der Waals surface area contributed by atoms with Crippen molar-refractivity contribution < 1.29 is 9.84 Å². The Morgan fingerprint density at radius 2 is 1.72 bits per heavy atom. The minimum atomic E-state index is 0.364. The Morgan fingerprint density at radius 1 is 1.06 bits per heavy atom. The Labute approximate surface area is 106 Å². The molecule has 0 spiro atoms. The molecule has 18 heavy (non-hydrogen) atoms. The summed E-state index contributed by atoms with van der Waals surface area (Å²) in [7, 11) is 1.72. The van der Waals surface area contributed by atoms with E-state index >= 15 is 0 Å². The van der Waals surface area contributed by atoms with Crippen LogP contribution in [-0.4, -0.2) is 12.2 Å². The van der Waals surface area contributed by atoms with Gasteiger partial charge in [-0.05, 0) is 6.42 Å². The molecule has 2 aromatic rings. The normalized spacial score (nSPS) is 23.6. The van der Waals surface area contributed by atoms with Crippen LogP contribution in [0.1, 0.15) is 29.4 Å². The zero-order valence-electron chi connectivity index (χ0n) is 10.2. The van der Waals surface area contributed by atoms with Crippen molar-refractivity contribution >= 4 is 10.8 Å². The minimum Gasteiger partial charge on any atom is -0.507 e. The fourth-order valence-electron chi connectivity index (χ4n) is 3.52. The number of allylic oxidation sites excluding steroid dienone is 2. The predicted molar refractivity (Wildman–Crippen MR) is 71.4 cm³/mol. The SMILES string of the molecule is COc1c2c(c(O)c3ccccc13)C1C=CC2C1. The molecule has 2 aromatic carbocycles. The van der Waals surface area contributed by atoms with Gasteiger partial charge in [0.25, 0.3) is 0 Å². The third kappa shape index (κ3) is 1.03. The lowest BCUT2D eigenvalue weighted by Crippen LogP contribution is -1.99. The van der Waals surface area contributed by atoms with Crippen molar-refractivity contribution in [3.8, 4) is 11.5 Å². The Bertz CT molecular complexity index is 685. The van der Waals surface area contributed by atoms with Crippen molar-refractivity contribution in [1.82, 2.24) is 0 Å². The Kier molecular flexibility index (Phi) is 1.83. The maximum absolute atomic E-state index is 10.5. The van der Waals surface area contributed by atoms with Crippen LogP contribution in [0, 0.1) is 0 Å². The first-order chi connectivity index (χ1) is 8.81. The number of methoxy groups -OCH3 is 1. The summed E-state index contributed by atoms with van der Waals surface area (Å²) in [6, 6.07) is 7.92. The molecule has 0 saturated carbocycles. The van der Waals surface area contributed by atoms with E-state index in [0.29, 0.717) is 17.6 Å². The van der Waals surface area contributed by atoms with Crippen LogP contribution in [0.15, 0.2) is 36.4 Å². The van der Waals surface area contributed by atoms with Gasteiger partial charge in [-0.15, -0.1) is 0 Å². The van der Waals surface area contributed by atoms with Crippen LogP contribution in [0.2, 0.25) is 0 Å². The zero-order valence-corrected chi connectivity index (χ0v) is 10.2. The van der Waals surface area contributed by atoms with E-state index in [2.05, 4.69) is 12.2 Å². The quantitative estimate of drug-likeness (QED) is 0.768. The van der Waals surface area contributed by atoms with Gasteiger partial charge < -0.3 is 9.84 Å². The highest BCUT2D eigenvalue weighted by Gasteiger charge is 2.38. The van der Waals surface area contributed by atoms with Crippen LogP contribution in [0.3, 0.4) is 0 Å². The van der Waals surface area contributed by atoms with Crippen LogP contribution in [-0.2, 0) is 0 Å². The first kappa shape index (κ1) is 10.0. The van der Waals surface area contributed by atoms with E-state index in [-0.39, 0.29) is 0 Å². The lowest BCUT2D eigenvalue weighted by molar-refractivity contribution is 0.412. The number of fused-ring (bicyclic) bond motifs is 6. The molecule has 2 nitrogen and oxygen atoms in total. The summed E-state index contributed by atoms with van der Waals surface area (Å²) >= 11 is 0. The van der Waals surface area contributed by atoms with Crippen LogP contribution in [0.4, 0.5) is 0 Å². The molecule has 0 saturated heterocycles. The van der Waals surface area contributed by atoms with E-state index < -0.39 is 0 Å². The lowest BCUT2D eigenvalue weighted by Gasteiger charge is -2.19. The summed E-state index contributed by atoms with van der Waals surface area (Å²) in [4.78, 5) is 0. The summed E-state index contributed by atoms with van der Waals surface area (Å²) in [5.74, 6) is 2.16. The van der Waals surface area contributed by atoms with E-state index in [1.54, 1.807) is 7.11 Å². The summed E-state index contributed by atoms with van der Waals surface area (Å²) in [6.45, 7) is 0. The van der Waals surface area contributed by atoms with Crippen molar-refractivity contribution in [1.29, 1.82) is 0 Å². The second-order valence-corrected chi connectivity index (χ2v) is 5.09. The fraction of sp³-hybridized carbons (Fsp3) is 0.250. The van der Waals surface area contributed by atoms with Gasteiger partial charge in [-0.1, -0.05) is 36.4 Å². The molecule has 0 radical (unpaired) electrons. The first-order valence-corrected chi connectivity index (χ1v) is 6.31. The first-order valence-electron chi connectivity index (χ1n) is 6.31. The van der Waals surface area contributed by atoms with E-state index in [4.69, 9.17) is 4.74 Å². The third-order valence-electron chi connectivity index (χ3n) is 4.25. The molecule has 0 fully saturated rings. The number of hydrogen-bond donors (Lipinski definition) is 1. The second-order valence-electron chi connectivity index (χ2n) is 5.09. The highest BCUT2D eigenvalue weighted by molar-refractivity contribution is 5.97. The molecule has 1 N–H and O–H groups in total. The molecule has 90 valence electrons. The standard InChI is InChI=1S/C16H14O2/c1-18-16-12-5-3-2-4-11(12)15(17)13-9-6-7-10(8-9)14(13)16/h2-7,9-10,17H,8H2,1H3. The van der Waals surface area contributed by atoms with E-state index in [0.717, 1.165) is 28.5 Å². The topological polar surface area (TPSA) is 29.5 Å². The van der Waals surface area contributed by atoms with Gasteiger partial charge in [-0.3, -0.25) is 0 Å². The molecule has 2 heteroatoms. The van der Waals surface area contributed by atoms with Crippen LogP contribution in [0.5, 0.6) is 11.5 Å². The van der Waals surface area contributed by atoms with E-state index in [9.17, 15) is 5.11 Å². The number of phenolic OH excluding ortho intramolecular Hbond substituents is 1. The van der Waals surface area contributed by atoms with Gasteiger partial charge in [-0.25, -0.2) is 0 Å². The number of phenols is 1. The largest absolute Gasteiger partial charge is 0.507 e. The molecular formula is C16H14O2. The molecule has 0 aliphatic heterocycles. The number of rotatable bonds is 1. The van der Waals surface area contributed by atoms with Crippen LogP contribution < -0.4 is 4.74 Å². The van der Waals surface area contributed by atoms with Crippen molar-refractivity contribution in [2.75, 3.05) is 7.11 Å². The molecule has 0 heterocycles. The Balaban J connectivity index is 2.19. The molecule has 0 aromatic heterocycles. The zero-order chi connectivity index (χ0) is 12.3. The molecule has 0 amide bonds. The van der Waals surface area contributed by atoms with Crippen LogP contribution in [0.25, 0.3) is 10.8 Å². The van der Waals surface area contributed by atoms with E-state index in [1.165, 1.54) is 5.56 Å². The van der Waals surface area contributed by atoms with Crippen molar-refractivity contribution in [2.45, 2.75) is 18.3 Å². The maximum atomic E-state index is 10.5. The summed E-state index contributed by atoms with van der Waals surface area (Å²) < 4.78 is 5.63. The minimum absolute atomic E-state index is 0.364. The van der Waals surface area contributed by atoms with Gasteiger partial charge in [0.05, 0.1) is 7.11 Å². The van der Waals surface area contributed by atoms with Gasteiger partial charge in [-0.2, -0.15) is 0 Å². The summed E-state index contributed by atoms with van der Waals surface area (Å²) in [5.41, 5.74) is 2.28. The van der Waals surface area contributed by atoms with Crippen molar-refractivity contribution in [2.24, 2.45) is 0 Å². The van der Waals surface area contributed by atoms with Gasteiger partial charge in [0.1, 0.15) is 11.5 Å². The molecule has 2 bridgehead atoms. The lowest BCUT2D eigenvalue weighted by atomic mass is 9.91. The number of benzene rings is 2. The van der Waals surface area contributed by atoms with Crippen molar-refractivity contribution in [3.63, 3.8) is 0 Å². The Morgan fingerprint density at radius 3 is 2.44 bits per heavy atom. The summed E-state index contributed by atoms with van der Waals surface area (Å²) in [6.07, 6.45) is 5.53. The van der Waals surface area contributed by atoms with Crippen LogP contribution >= 0.6 is 0 Å². The number of hydrogen-bond acceptors (Lipinski definition) is 2.